The van der Waals surface area contributed by atoms with E-state index in [1.165, 1.54) is 15.9 Å². The predicted molar refractivity (Wildman–Crippen MR) is 149 cm³/mol. The van der Waals surface area contributed by atoms with Crippen molar-refractivity contribution >= 4 is 51.6 Å². The topological polar surface area (TPSA) is 26.3 Å². The van der Waals surface area contributed by atoms with Gasteiger partial charge in [0.25, 0.3) is 0 Å². The van der Waals surface area contributed by atoms with E-state index >= 15 is 0 Å². The van der Waals surface area contributed by atoms with E-state index < -0.39 is 13.4 Å². The van der Waals surface area contributed by atoms with Crippen LogP contribution in [0.2, 0.25) is 0 Å². The average Bonchev–Trinajstić information content (AvgIpc) is 2.85. The molecule has 0 spiro atoms. The summed E-state index contributed by atoms with van der Waals surface area (Å²) in [5.74, 6) is 0.806. The van der Waals surface area contributed by atoms with Crippen LogP contribution in [0.5, 0.6) is 5.75 Å². The minimum absolute atomic E-state index is 0.0229. The predicted octanol–water partition coefficient (Wildman–Crippen LogP) is 6.14. The zero-order valence-corrected chi connectivity index (χ0v) is 21.9. The van der Waals surface area contributed by atoms with Crippen molar-refractivity contribution in [1.29, 1.82) is 0 Å². The van der Waals surface area contributed by atoms with Crippen LogP contribution < -0.4 is 20.7 Å². The first-order valence-corrected chi connectivity index (χ1v) is 14.1. The Hall–Kier alpha value is -2.49. The number of ketones is 1. The van der Waals surface area contributed by atoms with Crippen LogP contribution in [-0.4, -0.2) is 11.9 Å². The van der Waals surface area contributed by atoms with Crippen LogP contribution in [0, 0.1) is 3.57 Å². The number of halogens is 1. The molecule has 4 aromatic rings. The van der Waals surface area contributed by atoms with Gasteiger partial charge in [-0.05, 0) is 91.0 Å². The lowest BCUT2D eigenvalue weighted by atomic mass is 10.2. The van der Waals surface area contributed by atoms with Crippen LogP contribution in [-0.2, 0) is 11.0 Å². The highest BCUT2D eigenvalue weighted by Gasteiger charge is 2.46. The van der Waals surface area contributed by atoms with E-state index in [9.17, 15) is 4.79 Å². The van der Waals surface area contributed by atoms with Gasteiger partial charge in [-0.1, -0.05) is 54.6 Å². The van der Waals surface area contributed by atoms with E-state index in [0.29, 0.717) is 0 Å². The molecule has 1 atom stereocenters. The SMILES string of the molecule is CC(=O)C(C)Oc1ccc(I)cc1C[P+](c1ccccc1)(c1ccccc1)c1ccccc1. The maximum atomic E-state index is 12.0. The Morgan fingerprint density at radius 3 is 1.67 bits per heavy atom. The molecule has 0 fully saturated rings. The van der Waals surface area contributed by atoms with Crippen LogP contribution in [0.25, 0.3) is 0 Å². The third-order valence-corrected chi connectivity index (χ3v) is 10.9. The molecular weight excluding hydrogens is 538 g/mol. The molecule has 0 saturated heterocycles. The molecule has 0 aliphatic heterocycles. The summed E-state index contributed by atoms with van der Waals surface area (Å²) in [5.41, 5.74) is 1.12. The molecule has 4 rings (SSSR count). The van der Waals surface area contributed by atoms with Crippen LogP contribution in [0.3, 0.4) is 0 Å². The smallest absolute Gasteiger partial charge is 0.169 e. The highest BCUT2D eigenvalue weighted by molar-refractivity contribution is 14.1. The number of hydrogen-bond acceptors (Lipinski definition) is 2. The van der Waals surface area contributed by atoms with Crippen molar-refractivity contribution in [3.63, 3.8) is 0 Å². The van der Waals surface area contributed by atoms with Gasteiger partial charge in [-0.2, -0.15) is 0 Å². The van der Waals surface area contributed by atoms with E-state index in [0.717, 1.165) is 21.0 Å². The standard InChI is InChI=1S/C29H27IO2P/c1-22(31)23(2)32-29-19-18-25(30)20-24(29)21-33(26-12-6-3-7-13-26,27-14-8-4-9-15-27)28-16-10-5-11-17-28/h3-20,23H,21H2,1-2H3/q+1. The summed E-state index contributed by atoms with van der Waals surface area (Å²) in [7, 11) is -2.06. The number of hydrogen-bond donors (Lipinski definition) is 0. The molecule has 166 valence electrons. The number of rotatable bonds is 8. The van der Waals surface area contributed by atoms with E-state index in [-0.39, 0.29) is 5.78 Å². The summed E-state index contributed by atoms with van der Waals surface area (Å²) in [4.78, 5) is 12.0. The maximum absolute atomic E-state index is 12.0. The van der Waals surface area contributed by atoms with E-state index in [1.807, 2.05) is 19.1 Å². The quantitative estimate of drug-likeness (QED) is 0.190. The minimum atomic E-state index is -2.06. The fraction of sp³-hybridized carbons (Fsp3) is 0.138. The van der Waals surface area contributed by atoms with Gasteiger partial charge < -0.3 is 4.74 Å². The number of Topliss-reactive ketones (excluding diaryl/α,β-unsaturated/α-hetero) is 1. The molecule has 4 aromatic carbocycles. The Morgan fingerprint density at radius 2 is 1.24 bits per heavy atom. The molecule has 0 saturated carbocycles. The largest absolute Gasteiger partial charge is 0.483 e. The first-order valence-electron chi connectivity index (χ1n) is 11.0. The zero-order chi connectivity index (χ0) is 23.3. The minimum Gasteiger partial charge on any atom is -0.483 e. The van der Waals surface area contributed by atoms with Gasteiger partial charge in [0.2, 0.25) is 0 Å². The van der Waals surface area contributed by atoms with Crippen LogP contribution in [0.1, 0.15) is 19.4 Å². The summed E-state index contributed by atoms with van der Waals surface area (Å²) >= 11 is 2.35. The number of ether oxygens (including phenoxy) is 1. The molecule has 4 heteroatoms. The maximum Gasteiger partial charge on any atom is 0.169 e. The molecule has 0 aromatic heterocycles. The van der Waals surface area contributed by atoms with Gasteiger partial charge in [0.1, 0.15) is 35.1 Å². The third-order valence-electron chi connectivity index (χ3n) is 5.90. The molecular formula is C29H27IO2P+. The second kappa shape index (κ2) is 10.6. The van der Waals surface area contributed by atoms with Gasteiger partial charge in [0.15, 0.2) is 11.9 Å². The Kier molecular flexibility index (Phi) is 7.62. The second-order valence-electron chi connectivity index (χ2n) is 8.10. The number of benzene rings is 4. The van der Waals surface area contributed by atoms with Crippen molar-refractivity contribution < 1.29 is 9.53 Å². The lowest BCUT2D eigenvalue weighted by Gasteiger charge is -2.29. The van der Waals surface area contributed by atoms with Crippen molar-refractivity contribution in [3.05, 3.63) is 118 Å². The van der Waals surface area contributed by atoms with Crippen molar-refractivity contribution in [2.24, 2.45) is 0 Å². The molecule has 0 aliphatic rings. The molecule has 0 N–H and O–H groups in total. The first-order chi connectivity index (χ1) is 16.0. The molecule has 0 aliphatic carbocycles. The molecule has 1 unspecified atom stereocenters. The van der Waals surface area contributed by atoms with Gasteiger partial charge >= 0.3 is 0 Å². The summed E-state index contributed by atoms with van der Waals surface area (Å²) in [6.07, 6.45) is 0.323. The number of carbonyl (C=O) groups is 1. The molecule has 33 heavy (non-hydrogen) atoms. The van der Waals surface area contributed by atoms with Crippen molar-refractivity contribution in [2.45, 2.75) is 26.1 Å². The highest BCUT2D eigenvalue weighted by Crippen LogP contribution is 2.59. The first kappa shape index (κ1) is 23.7. The zero-order valence-electron chi connectivity index (χ0n) is 18.8. The average molecular weight is 565 g/mol. The fourth-order valence-corrected chi connectivity index (χ4v) is 8.88. The molecule has 0 amide bonds. The Labute approximate surface area is 210 Å². The van der Waals surface area contributed by atoms with Gasteiger partial charge in [-0.25, -0.2) is 0 Å². The molecule has 0 radical (unpaired) electrons. The third kappa shape index (κ3) is 5.20. The summed E-state index contributed by atoms with van der Waals surface area (Å²) < 4.78 is 7.33. The Balaban J connectivity index is 1.96. The van der Waals surface area contributed by atoms with Gasteiger partial charge in [-0.15, -0.1) is 0 Å². The summed E-state index contributed by atoms with van der Waals surface area (Å²) in [6, 6.07) is 38.7. The van der Waals surface area contributed by atoms with Crippen molar-refractivity contribution in [1.82, 2.24) is 0 Å². The lowest BCUT2D eigenvalue weighted by Crippen LogP contribution is -2.32. The van der Waals surface area contributed by atoms with Gasteiger partial charge in [0.05, 0.1) is 0 Å². The molecule has 0 bridgehead atoms. The summed E-state index contributed by atoms with van der Waals surface area (Å²) in [5, 5.41) is 3.98. The number of carbonyl (C=O) groups excluding carboxylic acids is 1. The van der Waals surface area contributed by atoms with Crippen LogP contribution in [0.4, 0.5) is 0 Å². The van der Waals surface area contributed by atoms with E-state index in [1.54, 1.807) is 6.92 Å². The van der Waals surface area contributed by atoms with E-state index in [4.69, 9.17) is 4.74 Å². The normalized spacial score (nSPS) is 12.2. The second-order valence-corrected chi connectivity index (χ2v) is 12.8. The van der Waals surface area contributed by atoms with Crippen LogP contribution in [0.15, 0.2) is 109 Å². The monoisotopic (exact) mass is 565 g/mol. The molecule has 0 heterocycles. The van der Waals surface area contributed by atoms with Crippen LogP contribution >= 0.6 is 29.9 Å². The Morgan fingerprint density at radius 1 is 0.788 bits per heavy atom. The van der Waals surface area contributed by atoms with Gasteiger partial charge in [-0.3, -0.25) is 4.79 Å². The van der Waals surface area contributed by atoms with E-state index in [2.05, 4.69) is 120 Å². The molecule has 2 nitrogen and oxygen atoms in total. The lowest BCUT2D eigenvalue weighted by molar-refractivity contribution is -0.122. The van der Waals surface area contributed by atoms with Crippen molar-refractivity contribution in [3.8, 4) is 5.75 Å². The van der Waals surface area contributed by atoms with Gasteiger partial charge in [0, 0.05) is 9.13 Å². The highest BCUT2D eigenvalue weighted by atomic mass is 127. The Bertz CT molecular complexity index is 1110. The fourth-order valence-electron chi connectivity index (χ4n) is 4.08. The summed E-state index contributed by atoms with van der Waals surface area (Å²) in [6.45, 7) is 3.39. The van der Waals surface area contributed by atoms with Crippen molar-refractivity contribution in [2.75, 3.05) is 0 Å².